The molecule has 6 nitrogen and oxygen atoms in total. The number of hydrogen-bond acceptors (Lipinski definition) is 5. The third-order valence-corrected chi connectivity index (χ3v) is 4.40. The summed E-state index contributed by atoms with van der Waals surface area (Å²) < 4.78 is 11.0. The van der Waals surface area contributed by atoms with Crippen molar-refractivity contribution in [2.75, 3.05) is 19.8 Å². The first-order valence-electron chi connectivity index (χ1n) is 8.59. The highest BCUT2D eigenvalue weighted by Crippen LogP contribution is 2.27. The molecule has 136 valence electrons. The normalized spacial score (nSPS) is 27.0. The van der Waals surface area contributed by atoms with Gasteiger partial charge in [0.05, 0.1) is 18.2 Å². The summed E-state index contributed by atoms with van der Waals surface area (Å²) in [7, 11) is 0. The van der Waals surface area contributed by atoms with E-state index in [1.54, 1.807) is 0 Å². The third-order valence-electron chi connectivity index (χ3n) is 4.40. The van der Waals surface area contributed by atoms with E-state index in [2.05, 4.69) is 17.6 Å². The van der Waals surface area contributed by atoms with E-state index in [0.717, 1.165) is 12.8 Å². The average molecular weight is 330 g/mol. The fraction of sp³-hybridized carbons (Fsp3) is 0.941. The van der Waals surface area contributed by atoms with E-state index in [4.69, 9.17) is 9.47 Å². The van der Waals surface area contributed by atoms with E-state index in [-0.39, 0.29) is 30.2 Å². The molecule has 0 bridgehead atoms. The van der Waals surface area contributed by atoms with Gasteiger partial charge in [0.15, 0.2) is 0 Å². The summed E-state index contributed by atoms with van der Waals surface area (Å²) in [6.07, 6.45) is 1.34. The Kier molecular flexibility index (Phi) is 7.29. The monoisotopic (exact) mass is 330 g/mol. The standard InChI is InChI=1S/C17H34N2O4/c1-7-17(6,11-20)10-18-14-12(9-13(14)22-8-2)19-15(21)23-16(3,4)5/h12-14,18,20H,7-11H2,1-6H3,(H,19,21). The summed E-state index contributed by atoms with van der Waals surface area (Å²) in [5, 5.41) is 15.9. The smallest absolute Gasteiger partial charge is 0.407 e. The van der Waals surface area contributed by atoms with Crippen molar-refractivity contribution in [2.24, 2.45) is 5.41 Å². The highest BCUT2D eigenvalue weighted by atomic mass is 16.6. The van der Waals surface area contributed by atoms with Gasteiger partial charge in [-0.2, -0.15) is 0 Å². The van der Waals surface area contributed by atoms with Crippen molar-refractivity contribution in [3.8, 4) is 0 Å². The van der Waals surface area contributed by atoms with Gasteiger partial charge in [0, 0.05) is 25.2 Å². The minimum Gasteiger partial charge on any atom is -0.444 e. The number of alkyl carbamates (subject to hydrolysis) is 1. The van der Waals surface area contributed by atoms with Crippen molar-refractivity contribution >= 4 is 6.09 Å². The van der Waals surface area contributed by atoms with Gasteiger partial charge in [-0.3, -0.25) is 0 Å². The molecule has 0 aliphatic heterocycles. The lowest BCUT2D eigenvalue weighted by Gasteiger charge is -2.46. The molecule has 23 heavy (non-hydrogen) atoms. The van der Waals surface area contributed by atoms with E-state index in [1.807, 2.05) is 34.6 Å². The van der Waals surface area contributed by atoms with Crippen molar-refractivity contribution in [2.45, 2.75) is 78.2 Å². The van der Waals surface area contributed by atoms with Crippen LogP contribution < -0.4 is 10.6 Å². The predicted octanol–water partition coefficient (Wildman–Crippen LogP) is 2.06. The van der Waals surface area contributed by atoms with Crippen molar-refractivity contribution in [1.29, 1.82) is 0 Å². The Bertz CT molecular complexity index is 377. The van der Waals surface area contributed by atoms with Crippen LogP contribution in [0.5, 0.6) is 0 Å². The van der Waals surface area contributed by atoms with Crippen LogP contribution >= 0.6 is 0 Å². The first-order chi connectivity index (χ1) is 10.6. The molecule has 0 aromatic carbocycles. The third kappa shape index (κ3) is 6.28. The number of ether oxygens (including phenoxy) is 2. The van der Waals surface area contributed by atoms with Crippen LogP contribution in [0, 0.1) is 5.41 Å². The zero-order valence-electron chi connectivity index (χ0n) is 15.4. The topological polar surface area (TPSA) is 79.8 Å². The number of hydrogen-bond donors (Lipinski definition) is 3. The fourth-order valence-electron chi connectivity index (χ4n) is 2.53. The van der Waals surface area contributed by atoms with Crippen molar-refractivity contribution in [3.63, 3.8) is 0 Å². The number of carbonyl (C=O) groups is 1. The van der Waals surface area contributed by atoms with Crippen LogP contribution in [0.1, 0.15) is 54.4 Å². The van der Waals surface area contributed by atoms with Crippen molar-refractivity contribution in [1.82, 2.24) is 10.6 Å². The Labute approximate surface area is 140 Å². The Morgan fingerprint density at radius 1 is 1.26 bits per heavy atom. The van der Waals surface area contributed by atoms with Crippen LogP contribution in [0.15, 0.2) is 0 Å². The molecule has 6 heteroatoms. The number of amides is 1. The molecule has 0 spiro atoms. The molecule has 4 unspecified atom stereocenters. The van der Waals surface area contributed by atoms with E-state index < -0.39 is 11.7 Å². The molecule has 1 amide bonds. The largest absolute Gasteiger partial charge is 0.444 e. The molecule has 0 saturated heterocycles. The van der Waals surface area contributed by atoms with Gasteiger partial charge in [0.2, 0.25) is 0 Å². The maximum absolute atomic E-state index is 11.9. The van der Waals surface area contributed by atoms with Crippen molar-refractivity contribution < 1.29 is 19.4 Å². The summed E-state index contributed by atoms with van der Waals surface area (Å²) in [5.41, 5.74) is -0.670. The summed E-state index contributed by atoms with van der Waals surface area (Å²) in [4.78, 5) is 11.9. The van der Waals surface area contributed by atoms with E-state index >= 15 is 0 Å². The quantitative estimate of drug-likeness (QED) is 0.635. The molecule has 3 N–H and O–H groups in total. The maximum Gasteiger partial charge on any atom is 0.407 e. The molecule has 0 radical (unpaired) electrons. The number of carbonyl (C=O) groups excluding carboxylic acids is 1. The average Bonchev–Trinajstić information content (AvgIpc) is 2.44. The van der Waals surface area contributed by atoms with Gasteiger partial charge >= 0.3 is 6.09 Å². The van der Waals surface area contributed by atoms with Crippen LogP contribution in [0.3, 0.4) is 0 Å². The molecule has 0 aromatic heterocycles. The Balaban J connectivity index is 2.57. The summed E-state index contributed by atoms with van der Waals surface area (Å²) in [5.74, 6) is 0. The molecule has 0 aromatic rings. The highest BCUT2D eigenvalue weighted by Gasteiger charge is 2.43. The Morgan fingerprint density at radius 3 is 2.39 bits per heavy atom. The minimum atomic E-state index is -0.506. The summed E-state index contributed by atoms with van der Waals surface area (Å²) in [6, 6.07) is 0.0288. The number of rotatable bonds is 8. The van der Waals surface area contributed by atoms with Gasteiger partial charge < -0.3 is 25.2 Å². The minimum absolute atomic E-state index is 0.0128. The number of aliphatic hydroxyl groups is 1. The second-order valence-electron chi connectivity index (χ2n) is 7.71. The van der Waals surface area contributed by atoms with Gasteiger partial charge in [-0.05, 0) is 40.5 Å². The first-order valence-corrected chi connectivity index (χ1v) is 8.59. The zero-order valence-corrected chi connectivity index (χ0v) is 15.4. The van der Waals surface area contributed by atoms with E-state index in [9.17, 15) is 9.90 Å². The second kappa shape index (κ2) is 8.31. The highest BCUT2D eigenvalue weighted by molar-refractivity contribution is 5.68. The predicted molar refractivity (Wildman–Crippen MR) is 90.5 cm³/mol. The lowest BCUT2D eigenvalue weighted by molar-refractivity contribution is -0.0472. The van der Waals surface area contributed by atoms with Crippen LogP contribution in [-0.2, 0) is 9.47 Å². The van der Waals surface area contributed by atoms with E-state index in [0.29, 0.717) is 13.2 Å². The second-order valence-corrected chi connectivity index (χ2v) is 7.71. The number of aliphatic hydroxyl groups excluding tert-OH is 1. The van der Waals surface area contributed by atoms with Gasteiger partial charge in [0.25, 0.3) is 0 Å². The summed E-state index contributed by atoms with van der Waals surface area (Å²) in [6.45, 7) is 13.1. The molecule has 1 aliphatic rings. The SMILES string of the molecule is CCOC1CC(NC(=O)OC(C)(C)C)C1NCC(C)(CC)CO. The maximum atomic E-state index is 11.9. The Morgan fingerprint density at radius 2 is 1.91 bits per heavy atom. The fourth-order valence-corrected chi connectivity index (χ4v) is 2.53. The molecular formula is C17H34N2O4. The van der Waals surface area contributed by atoms with Gasteiger partial charge in [-0.1, -0.05) is 13.8 Å². The van der Waals surface area contributed by atoms with Crippen LogP contribution in [0.25, 0.3) is 0 Å². The summed E-state index contributed by atoms with van der Waals surface area (Å²) >= 11 is 0. The van der Waals surface area contributed by atoms with Crippen molar-refractivity contribution in [3.05, 3.63) is 0 Å². The molecule has 1 saturated carbocycles. The molecule has 1 fully saturated rings. The van der Waals surface area contributed by atoms with Crippen LogP contribution in [0.2, 0.25) is 0 Å². The van der Waals surface area contributed by atoms with E-state index in [1.165, 1.54) is 0 Å². The zero-order chi connectivity index (χ0) is 17.7. The van der Waals surface area contributed by atoms with Gasteiger partial charge in [0.1, 0.15) is 5.60 Å². The Hall–Kier alpha value is -0.850. The van der Waals surface area contributed by atoms with Crippen LogP contribution in [0.4, 0.5) is 4.79 Å². The molecule has 4 atom stereocenters. The first kappa shape index (κ1) is 20.2. The van der Waals surface area contributed by atoms with Crippen LogP contribution in [-0.4, -0.2) is 54.7 Å². The van der Waals surface area contributed by atoms with Gasteiger partial charge in [-0.15, -0.1) is 0 Å². The molecule has 0 heterocycles. The molecule has 1 aliphatic carbocycles. The number of nitrogens with one attached hydrogen (secondary N) is 2. The molecular weight excluding hydrogens is 296 g/mol. The lowest BCUT2D eigenvalue weighted by atomic mass is 9.81. The lowest BCUT2D eigenvalue weighted by Crippen LogP contribution is -2.67. The van der Waals surface area contributed by atoms with Gasteiger partial charge in [-0.25, -0.2) is 4.79 Å². The molecule has 1 rings (SSSR count).